The quantitative estimate of drug-likeness (QED) is 0.272. The third-order valence-corrected chi connectivity index (χ3v) is 8.62. The van der Waals surface area contributed by atoms with Gasteiger partial charge in [-0.15, -0.1) is 11.8 Å². The van der Waals surface area contributed by atoms with Gasteiger partial charge in [-0.2, -0.15) is 0 Å². The van der Waals surface area contributed by atoms with E-state index in [1.807, 2.05) is 24.3 Å². The van der Waals surface area contributed by atoms with Gasteiger partial charge in [0.15, 0.2) is 0 Å². The number of hydrogen-bond acceptors (Lipinski definition) is 4. The molecule has 0 aliphatic heterocycles. The second-order valence-electron chi connectivity index (χ2n) is 10.5. The minimum absolute atomic E-state index is 0.212. The zero-order chi connectivity index (χ0) is 24.6. The molecule has 0 saturated carbocycles. The molecular formula is C31H35N3OS. The van der Waals surface area contributed by atoms with Crippen molar-refractivity contribution in [1.29, 1.82) is 0 Å². The van der Waals surface area contributed by atoms with Gasteiger partial charge in [-0.1, -0.05) is 62.5 Å². The van der Waals surface area contributed by atoms with Crippen molar-refractivity contribution in [3.63, 3.8) is 0 Å². The number of rotatable bonds is 5. The van der Waals surface area contributed by atoms with Crippen LogP contribution in [0.15, 0.2) is 53.6 Å². The molecule has 0 spiro atoms. The predicted molar refractivity (Wildman–Crippen MR) is 150 cm³/mol. The normalized spacial score (nSPS) is 24.7. The Hall–Kier alpha value is -2.63. The maximum Gasteiger partial charge on any atom is 0.140 e. The summed E-state index contributed by atoms with van der Waals surface area (Å²) in [5.41, 5.74) is 8.21. The van der Waals surface area contributed by atoms with E-state index in [0.717, 1.165) is 49.2 Å². The van der Waals surface area contributed by atoms with Gasteiger partial charge in [0.2, 0.25) is 0 Å². The van der Waals surface area contributed by atoms with Crippen LogP contribution in [0.25, 0.3) is 17.7 Å². The molecule has 0 amide bonds. The average Bonchev–Trinajstić information content (AvgIpc) is 3.22. The number of aromatic nitrogens is 3. The van der Waals surface area contributed by atoms with E-state index in [4.69, 9.17) is 9.97 Å². The van der Waals surface area contributed by atoms with E-state index >= 15 is 0 Å². The highest BCUT2D eigenvalue weighted by Crippen LogP contribution is 2.42. The van der Waals surface area contributed by atoms with E-state index in [2.05, 4.69) is 54.9 Å². The van der Waals surface area contributed by atoms with Gasteiger partial charge in [0, 0.05) is 22.7 Å². The van der Waals surface area contributed by atoms with Crippen molar-refractivity contribution in [2.24, 2.45) is 0 Å². The predicted octanol–water partition coefficient (Wildman–Crippen LogP) is 7.08. The lowest BCUT2D eigenvalue weighted by molar-refractivity contribution is 0.202. The number of aliphatic hydroxyl groups is 1. The van der Waals surface area contributed by atoms with Crippen molar-refractivity contribution in [2.75, 3.05) is 0 Å². The lowest BCUT2D eigenvalue weighted by Gasteiger charge is -2.26. The first-order valence-electron chi connectivity index (χ1n) is 13.5. The molecule has 3 unspecified atom stereocenters. The number of fused-ring (bicyclic) bond motifs is 3. The minimum Gasteiger partial charge on any atom is -0.388 e. The first kappa shape index (κ1) is 23.7. The Morgan fingerprint density at radius 2 is 1.92 bits per heavy atom. The smallest absolute Gasteiger partial charge is 0.140 e. The molecule has 0 aromatic carbocycles. The first-order chi connectivity index (χ1) is 17.6. The van der Waals surface area contributed by atoms with Crippen molar-refractivity contribution >= 4 is 29.5 Å². The molecule has 4 aliphatic carbocycles. The zero-order valence-electron chi connectivity index (χ0n) is 21.2. The van der Waals surface area contributed by atoms with Crippen LogP contribution in [0.2, 0.25) is 0 Å². The number of aliphatic hydroxyl groups excluding tert-OH is 1. The second-order valence-corrected chi connectivity index (χ2v) is 12.1. The summed E-state index contributed by atoms with van der Waals surface area (Å²) in [5.74, 6) is 0.502. The fourth-order valence-corrected chi connectivity index (χ4v) is 6.85. The molecule has 0 saturated heterocycles. The number of allylic oxidation sites excluding steroid dienone is 6. The summed E-state index contributed by atoms with van der Waals surface area (Å²) in [7, 11) is 0. The second kappa shape index (κ2) is 10.0. The minimum atomic E-state index is -0.593. The molecule has 0 fully saturated rings. The summed E-state index contributed by atoms with van der Waals surface area (Å²) >= 11 is 1.77. The number of thioether (sulfide) groups is 1. The van der Waals surface area contributed by atoms with Crippen LogP contribution in [-0.2, 0) is 12.8 Å². The fourth-order valence-electron chi connectivity index (χ4n) is 6.05. The molecule has 0 bridgehead atoms. The molecule has 2 aromatic rings. The molecule has 186 valence electrons. The van der Waals surface area contributed by atoms with E-state index in [1.54, 1.807) is 11.8 Å². The van der Waals surface area contributed by atoms with Gasteiger partial charge < -0.3 is 9.67 Å². The van der Waals surface area contributed by atoms with E-state index in [1.165, 1.54) is 34.5 Å². The van der Waals surface area contributed by atoms with E-state index < -0.39 is 6.10 Å². The van der Waals surface area contributed by atoms with Crippen LogP contribution in [0.4, 0.5) is 0 Å². The fraction of sp³-hybridized carbons (Fsp3) is 0.419. The van der Waals surface area contributed by atoms with Crippen molar-refractivity contribution in [3.05, 3.63) is 82.6 Å². The average molecular weight is 498 g/mol. The molecular weight excluding hydrogens is 462 g/mol. The Kier molecular flexibility index (Phi) is 6.61. The topological polar surface area (TPSA) is 50.9 Å². The highest BCUT2D eigenvalue weighted by Gasteiger charge is 2.29. The Morgan fingerprint density at radius 3 is 2.72 bits per heavy atom. The first-order valence-corrected chi connectivity index (χ1v) is 14.3. The molecule has 4 nitrogen and oxygen atoms in total. The van der Waals surface area contributed by atoms with E-state index in [0.29, 0.717) is 17.1 Å². The van der Waals surface area contributed by atoms with Crippen LogP contribution in [0.3, 0.4) is 0 Å². The van der Waals surface area contributed by atoms with Crippen LogP contribution in [0.5, 0.6) is 0 Å². The summed E-state index contributed by atoms with van der Waals surface area (Å²) in [6, 6.07) is 2.70. The molecule has 2 heterocycles. The van der Waals surface area contributed by atoms with Crippen molar-refractivity contribution in [3.8, 4) is 0 Å². The van der Waals surface area contributed by atoms with Crippen LogP contribution >= 0.6 is 11.8 Å². The molecule has 2 aromatic heterocycles. The summed E-state index contributed by atoms with van der Waals surface area (Å²) in [5, 5.41) is 12.1. The van der Waals surface area contributed by atoms with Gasteiger partial charge in [-0.25, -0.2) is 9.97 Å². The van der Waals surface area contributed by atoms with Crippen molar-refractivity contribution in [2.45, 2.75) is 87.1 Å². The zero-order valence-corrected chi connectivity index (χ0v) is 22.0. The Labute approximate surface area is 218 Å². The van der Waals surface area contributed by atoms with Gasteiger partial charge in [0.1, 0.15) is 10.9 Å². The highest BCUT2D eigenvalue weighted by molar-refractivity contribution is 7.99. The maximum atomic E-state index is 10.6. The Bertz CT molecular complexity index is 1310. The molecule has 1 N–H and O–H groups in total. The maximum absolute atomic E-state index is 10.6. The molecule has 0 radical (unpaired) electrons. The van der Waals surface area contributed by atoms with Crippen LogP contribution in [0.1, 0.15) is 91.9 Å². The van der Waals surface area contributed by atoms with Crippen LogP contribution < -0.4 is 0 Å². The summed E-state index contributed by atoms with van der Waals surface area (Å²) in [4.78, 5) is 9.95. The molecule has 3 atom stereocenters. The van der Waals surface area contributed by atoms with E-state index in [9.17, 15) is 5.11 Å². The highest BCUT2D eigenvalue weighted by atomic mass is 32.2. The number of nitrogens with zero attached hydrogens (tertiary/aromatic N) is 3. The molecule has 36 heavy (non-hydrogen) atoms. The van der Waals surface area contributed by atoms with Crippen LogP contribution in [0, 0.1) is 0 Å². The van der Waals surface area contributed by atoms with Gasteiger partial charge in [-0.05, 0) is 73.8 Å². The van der Waals surface area contributed by atoms with E-state index in [-0.39, 0.29) is 5.92 Å². The molecule has 4 aliphatic rings. The Balaban J connectivity index is 1.46. The molecule has 5 heteroatoms. The lowest BCUT2D eigenvalue weighted by atomic mass is 9.90. The SMILES string of the molecule is CC(C)Sc1cc(C2=Cc3c(c4c(n3C3CC=CCC3)CCC=C4)CC2)nc(C2C=CC=CC2O)n1. The van der Waals surface area contributed by atoms with Gasteiger partial charge in [0.25, 0.3) is 0 Å². The summed E-state index contributed by atoms with van der Waals surface area (Å²) in [6.07, 6.45) is 26.7. The Morgan fingerprint density at radius 1 is 1.03 bits per heavy atom. The third-order valence-electron chi connectivity index (χ3n) is 7.70. The largest absolute Gasteiger partial charge is 0.388 e. The standard InChI is InChI=1S/C31H35N3OS/c1-20(2)36-30-19-26(32-31(33-30)25-13-7-9-15-29(25)35)21-16-17-24-23-12-6-8-14-27(23)34(28(24)18-21)22-10-4-3-5-11-22/h3-4,6-7,9,12-13,15,18-20,22,25,29,35H,5,8,10-11,14,16-17H2,1-2H3. The monoisotopic (exact) mass is 497 g/mol. The van der Waals surface area contributed by atoms with Crippen LogP contribution in [-0.4, -0.2) is 31.0 Å². The molecule has 6 rings (SSSR count). The van der Waals surface area contributed by atoms with Crippen molar-refractivity contribution in [1.82, 2.24) is 14.5 Å². The summed E-state index contributed by atoms with van der Waals surface area (Å²) in [6.45, 7) is 4.39. The summed E-state index contributed by atoms with van der Waals surface area (Å²) < 4.78 is 2.68. The van der Waals surface area contributed by atoms with Gasteiger partial charge >= 0.3 is 0 Å². The number of hydrogen-bond donors (Lipinski definition) is 1. The van der Waals surface area contributed by atoms with Gasteiger partial charge in [-0.3, -0.25) is 0 Å². The third kappa shape index (κ3) is 4.48. The van der Waals surface area contributed by atoms with Gasteiger partial charge in [0.05, 0.1) is 17.7 Å². The van der Waals surface area contributed by atoms with Crippen molar-refractivity contribution < 1.29 is 5.11 Å². The lowest BCUT2D eigenvalue weighted by Crippen LogP contribution is -2.19.